The van der Waals surface area contributed by atoms with Gasteiger partial charge in [0.1, 0.15) is 0 Å². The predicted octanol–water partition coefficient (Wildman–Crippen LogP) is -0.798. The molecular formula is C4H4NO3Re-. The quantitative estimate of drug-likeness (QED) is 0.645. The minimum absolute atomic E-state index is 0. The van der Waals surface area contributed by atoms with E-state index in [1.807, 2.05) is 0 Å². The second-order valence-electron chi connectivity index (χ2n) is 1.41. The third-order valence-corrected chi connectivity index (χ3v) is 0.815. The molecule has 1 fully saturated rings. The number of cyclic esters (lactones) is 1. The first-order valence-electron chi connectivity index (χ1n) is 2.14. The Morgan fingerprint density at radius 2 is 2.44 bits per heavy atom. The number of amides is 1. The Morgan fingerprint density at radius 3 is 2.67 bits per heavy atom. The van der Waals surface area contributed by atoms with Crippen LogP contribution in [-0.4, -0.2) is 25.0 Å². The molecule has 0 aromatic carbocycles. The van der Waals surface area contributed by atoms with Crippen LogP contribution in [0.1, 0.15) is 0 Å². The molecule has 1 saturated heterocycles. The molecule has 1 heterocycles. The van der Waals surface area contributed by atoms with E-state index in [9.17, 15) is 9.59 Å². The smallest absolute Gasteiger partial charge is 0.405 e. The van der Waals surface area contributed by atoms with Crippen molar-refractivity contribution in [1.29, 1.82) is 0 Å². The summed E-state index contributed by atoms with van der Waals surface area (Å²) in [5, 5.41) is 2.22. The first kappa shape index (κ1) is 8.60. The molecule has 1 atom stereocenters. The van der Waals surface area contributed by atoms with Crippen LogP contribution in [0, 0.1) is 0 Å². The SMILES string of the molecule is O=[C-]C1COC(=O)N1.[Re]. The van der Waals surface area contributed by atoms with Crippen LogP contribution in [0.5, 0.6) is 0 Å². The molecule has 4 nitrogen and oxygen atoms in total. The van der Waals surface area contributed by atoms with Crippen molar-refractivity contribution in [3.05, 3.63) is 0 Å². The van der Waals surface area contributed by atoms with Gasteiger partial charge in [0.05, 0.1) is 6.61 Å². The molecule has 9 heavy (non-hydrogen) atoms. The second kappa shape index (κ2) is 3.59. The average molecular weight is 300 g/mol. The monoisotopic (exact) mass is 301 g/mol. The molecule has 0 aliphatic carbocycles. The van der Waals surface area contributed by atoms with Crippen molar-refractivity contribution in [2.75, 3.05) is 6.61 Å². The van der Waals surface area contributed by atoms with Crippen LogP contribution < -0.4 is 5.32 Å². The van der Waals surface area contributed by atoms with Crippen LogP contribution in [0.3, 0.4) is 0 Å². The Balaban J connectivity index is 0.000000640. The molecule has 5 heteroatoms. The third-order valence-electron chi connectivity index (χ3n) is 0.815. The summed E-state index contributed by atoms with van der Waals surface area (Å²) in [6.07, 6.45) is 1.04. The molecule has 1 radical (unpaired) electrons. The van der Waals surface area contributed by atoms with Crippen molar-refractivity contribution in [1.82, 2.24) is 5.32 Å². The Labute approximate surface area is 65.6 Å². The fourth-order valence-electron chi connectivity index (χ4n) is 0.448. The Bertz CT molecular complexity index is 127. The van der Waals surface area contributed by atoms with Gasteiger partial charge in [-0.25, -0.2) is 11.1 Å². The van der Waals surface area contributed by atoms with Gasteiger partial charge in [-0.1, -0.05) is 0 Å². The van der Waals surface area contributed by atoms with Gasteiger partial charge in [-0.15, -0.1) is 0 Å². The molecular weight excluding hydrogens is 296 g/mol. The van der Waals surface area contributed by atoms with E-state index < -0.39 is 12.1 Å². The summed E-state index contributed by atoms with van der Waals surface area (Å²) >= 11 is 0. The van der Waals surface area contributed by atoms with Gasteiger partial charge in [-0.3, -0.25) is 0 Å². The van der Waals surface area contributed by atoms with E-state index in [1.165, 1.54) is 0 Å². The Hall–Kier alpha value is -0.398. The largest absolute Gasteiger partial charge is 0.540 e. The zero-order valence-corrected chi connectivity index (χ0v) is 7.10. The maximum Gasteiger partial charge on any atom is 0.405 e. The van der Waals surface area contributed by atoms with Crippen LogP contribution in [0.4, 0.5) is 4.79 Å². The first-order valence-corrected chi connectivity index (χ1v) is 2.14. The van der Waals surface area contributed by atoms with Crippen molar-refractivity contribution < 1.29 is 34.7 Å². The molecule has 0 aromatic heterocycles. The Morgan fingerprint density at radius 1 is 1.78 bits per heavy atom. The van der Waals surface area contributed by atoms with Crippen LogP contribution in [-0.2, 0) is 30.0 Å². The van der Waals surface area contributed by atoms with Crippen LogP contribution >= 0.6 is 0 Å². The summed E-state index contributed by atoms with van der Waals surface area (Å²) in [5.74, 6) is 0. The number of rotatable bonds is 1. The van der Waals surface area contributed by atoms with Crippen LogP contribution in [0.15, 0.2) is 0 Å². The van der Waals surface area contributed by atoms with Gasteiger partial charge in [0.25, 0.3) is 0 Å². The van der Waals surface area contributed by atoms with Gasteiger partial charge >= 0.3 is 6.09 Å². The van der Waals surface area contributed by atoms with E-state index in [4.69, 9.17) is 0 Å². The fraction of sp³-hybridized carbons (Fsp3) is 0.500. The van der Waals surface area contributed by atoms with E-state index in [0.29, 0.717) is 0 Å². The number of ether oxygens (including phenoxy) is 1. The fourth-order valence-corrected chi connectivity index (χ4v) is 0.448. The molecule has 0 bridgehead atoms. The zero-order valence-electron chi connectivity index (χ0n) is 4.39. The molecule has 1 rings (SSSR count). The third kappa shape index (κ3) is 2.12. The normalized spacial score (nSPS) is 23.6. The number of carbonyl (C=O) groups excluding carboxylic acids is 2. The average Bonchev–Trinajstić information content (AvgIpc) is 2.14. The minimum Gasteiger partial charge on any atom is -0.540 e. The van der Waals surface area contributed by atoms with Gasteiger partial charge in [-0.05, 0) is 6.04 Å². The number of hydrogen-bond donors (Lipinski definition) is 1. The van der Waals surface area contributed by atoms with Crippen LogP contribution in [0.25, 0.3) is 0 Å². The standard InChI is InChI=1S/C4H4NO3.Re/c6-1-3-2-8-4(7)5-3;/h3H,2H2,(H,5,7);/q-1;. The Kier molecular flexibility index (Phi) is 3.44. The molecule has 1 amide bonds. The van der Waals surface area contributed by atoms with E-state index in [0.717, 1.165) is 0 Å². The number of alkyl carbamates (subject to hydrolysis) is 1. The van der Waals surface area contributed by atoms with Gasteiger partial charge in [0.15, 0.2) is 0 Å². The van der Waals surface area contributed by atoms with Crippen molar-refractivity contribution in [3.8, 4) is 0 Å². The molecule has 0 saturated carbocycles. The summed E-state index contributed by atoms with van der Waals surface area (Å²) in [6.45, 7) is 0.113. The molecule has 0 spiro atoms. The maximum atomic E-state index is 10.1. The van der Waals surface area contributed by atoms with Crippen molar-refractivity contribution in [2.45, 2.75) is 6.04 Å². The van der Waals surface area contributed by atoms with E-state index in [-0.39, 0.29) is 27.0 Å². The van der Waals surface area contributed by atoms with Gasteiger partial charge in [0.2, 0.25) is 0 Å². The summed E-state index contributed by atoms with van der Waals surface area (Å²) in [4.78, 5) is 19.8. The number of carbonyl (C=O) groups is 1. The molecule has 51 valence electrons. The number of nitrogens with one attached hydrogen (secondary N) is 1. The second-order valence-corrected chi connectivity index (χ2v) is 1.41. The number of hydrogen-bond acceptors (Lipinski definition) is 3. The van der Waals surface area contributed by atoms with Crippen molar-refractivity contribution >= 4 is 12.4 Å². The summed E-state index contributed by atoms with van der Waals surface area (Å²) in [6, 6.07) is -0.553. The minimum atomic E-state index is -0.553. The summed E-state index contributed by atoms with van der Waals surface area (Å²) < 4.78 is 4.34. The molecule has 1 unspecified atom stereocenters. The van der Waals surface area contributed by atoms with Crippen LogP contribution in [0.2, 0.25) is 0 Å². The molecule has 0 aromatic rings. The summed E-state index contributed by atoms with van der Waals surface area (Å²) in [5.41, 5.74) is 0. The van der Waals surface area contributed by atoms with Gasteiger partial charge in [-0.2, -0.15) is 0 Å². The molecule has 1 aliphatic heterocycles. The van der Waals surface area contributed by atoms with E-state index >= 15 is 0 Å². The first-order chi connectivity index (χ1) is 3.83. The zero-order chi connectivity index (χ0) is 5.98. The maximum absolute atomic E-state index is 10.1. The van der Waals surface area contributed by atoms with Gasteiger partial charge < -0.3 is 14.8 Å². The molecule has 1 N–H and O–H groups in total. The molecule has 1 aliphatic rings. The van der Waals surface area contributed by atoms with Crippen molar-refractivity contribution in [3.63, 3.8) is 0 Å². The van der Waals surface area contributed by atoms with Crippen molar-refractivity contribution in [2.24, 2.45) is 0 Å². The topological polar surface area (TPSA) is 55.4 Å². The van der Waals surface area contributed by atoms with Gasteiger partial charge in [0, 0.05) is 20.4 Å². The van der Waals surface area contributed by atoms with E-state index in [2.05, 4.69) is 10.1 Å². The van der Waals surface area contributed by atoms with E-state index in [1.54, 1.807) is 6.29 Å². The summed E-state index contributed by atoms with van der Waals surface area (Å²) in [7, 11) is 0. The predicted molar refractivity (Wildman–Crippen MR) is 24.0 cm³/mol.